The van der Waals surface area contributed by atoms with E-state index in [-0.39, 0.29) is 23.0 Å². The first-order valence-electron chi connectivity index (χ1n) is 7.74. The van der Waals surface area contributed by atoms with Crippen LogP contribution in [0.25, 0.3) is 10.9 Å². The number of nitro groups is 1. The van der Waals surface area contributed by atoms with E-state index in [4.69, 9.17) is 0 Å². The van der Waals surface area contributed by atoms with Gasteiger partial charge in [-0.25, -0.2) is 4.39 Å². The van der Waals surface area contributed by atoms with Gasteiger partial charge in [-0.15, -0.1) is 0 Å². The Labute approximate surface area is 142 Å². The lowest BCUT2D eigenvalue weighted by atomic mass is 10.1. The second kappa shape index (κ2) is 6.72. The van der Waals surface area contributed by atoms with Crippen molar-refractivity contribution in [2.24, 2.45) is 0 Å². The Balaban J connectivity index is 1.68. The number of nitrogens with one attached hydrogen (secondary N) is 2. The highest BCUT2D eigenvalue weighted by Gasteiger charge is 2.14. The summed E-state index contributed by atoms with van der Waals surface area (Å²) < 4.78 is 13.2. The molecule has 2 aromatic carbocycles. The van der Waals surface area contributed by atoms with Gasteiger partial charge in [0.1, 0.15) is 5.82 Å². The van der Waals surface area contributed by atoms with Crippen molar-refractivity contribution in [2.45, 2.75) is 13.3 Å². The molecule has 2 N–H and O–H groups in total. The van der Waals surface area contributed by atoms with Crippen molar-refractivity contribution < 1.29 is 14.1 Å². The number of nitrogens with zero attached hydrogens (tertiary/aromatic N) is 1. The minimum absolute atomic E-state index is 0.116. The molecule has 3 rings (SSSR count). The summed E-state index contributed by atoms with van der Waals surface area (Å²) >= 11 is 0. The van der Waals surface area contributed by atoms with Gasteiger partial charge in [-0.3, -0.25) is 14.9 Å². The van der Waals surface area contributed by atoms with Crippen LogP contribution in [-0.4, -0.2) is 22.4 Å². The Morgan fingerprint density at radius 1 is 1.28 bits per heavy atom. The van der Waals surface area contributed by atoms with Crippen LogP contribution in [0.4, 0.5) is 10.1 Å². The molecule has 0 saturated carbocycles. The Morgan fingerprint density at radius 2 is 2.08 bits per heavy atom. The maximum atomic E-state index is 13.2. The second-order valence-corrected chi connectivity index (χ2v) is 5.77. The summed E-state index contributed by atoms with van der Waals surface area (Å²) in [5.41, 5.74) is 2.51. The van der Waals surface area contributed by atoms with E-state index in [0.717, 1.165) is 10.9 Å². The number of nitro benzene ring substituents is 1. The fraction of sp³-hybridized carbons (Fsp3) is 0.167. The molecule has 1 heterocycles. The Morgan fingerprint density at radius 3 is 2.84 bits per heavy atom. The molecule has 7 heteroatoms. The number of carbonyl (C=O) groups excluding carboxylic acids is 1. The quantitative estimate of drug-likeness (QED) is 0.550. The molecule has 25 heavy (non-hydrogen) atoms. The number of aromatic amines is 1. The monoisotopic (exact) mass is 341 g/mol. The second-order valence-electron chi connectivity index (χ2n) is 5.77. The molecule has 0 bridgehead atoms. The van der Waals surface area contributed by atoms with Crippen LogP contribution in [0.2, 0.25) is 0 Å². The van der Waals surface area contributed by atoms with Crippen LogP contribution in [-0.2, 0) is 6.42 Å². The molecule has 0 spiro atoms. The van der Waals surface area contributed by atoms with Crippen LogP contribution in [0, 0.1) is 22.9 Å². The lowest BCUT2D eigenvalue weighted by Gasteiger charge is -2.07. The molecule has 0 saturated heterocycles. The number of non-ortho nitro benzene ring substituents is 1. The topological polar surface area (TPSA) is 88.0 Å². The first kappa shape index (κ1) is 16.6. The van der Waals surface area contributed by atoms with Gasteiger partial charge in [0.2, 0.25) is 0 Å². The lowest BCUT2D eigenvalue weighted by Crippen LogP contribution is -2.26. The van der Waals surface area contributed by atoms with Gasteiger partial charge in [0.05, 0.1) is 4.92 Å². The standard InChI is InChI=1S/C18H16FN3O3/c1-11-2-4-14(22(24)25)9-16(11)18(23)20-7-6-12-10-21-17-8-13(19)3-5-15(12)17/h2-5,8-10,21H,6-7H2,1H3,(H,20,23). The van der Waals surface area contributed by atoms with E-state index < -0.39 is 4.92 Å². The normalized spacial score (nSPS) is 10.8. The summed E-state index contributed by atoms with van der Waals surface area (Å²) in [6, 6.07) is 8.72. The number of hydrogen-bond donors (Lipinski definition) is 2. The molecule has 0 aliphatic heterocycles. The van der Waals surface area contributed by atoms with Gasteiger partial charge in [-0.2, -0.15) is 0 Å². The van der Waals surface area contributed by atoms with Crippen LogP contribution in [0.15, 0.2) is 42.6 Å². The van der Waals surface area contributed by atoms with Crippen LogP contribution in [0.1, 0.15) is 21.5 Å². The van der Waals surface area contributed by atoms with Crippen LogP contribution < -0.4 is 5.32 Å². The number of benzene rings is 2. The molecule has 0 atom stereocenters. The first-order chi connectivity index (χ1) is 12.0. The molecule has 128 valence electrons. The Bertz CT molecular complexity index is 965. The molecular formula is C18H16FN3O3. The third kappa shape index (κ3) is 3.50. The fourth-order valence-corrected chi connectivity index (χ4v) is 2.74. The van der Waals surface area contributed by atoms with Gasteiger partial charge in [0, 0.05) is 41.3 Å². The summed E-state index contributed by atoms with van der Waals surface area (Å²) in [5.74, 6) is -0.664. The summed E-state index contributed by atoms with van der Waals surface area (Å²) in [5, 5.41) is 14.5. The molecule has 0 unspecified atom stereocenters. The Kier molecular flexibility index (Phi) is 4.47. The minimum atomic E-state index is -0.526. The zero-order chi connectivity index (χ0) is 18.0. The van der Waals surface area contributed by atoms with E-state index >= 15 is 0 Å². The maximum absolute atomic E-state index is 13.2. The number of H-pyrrole nitrogens is 1. The third-order valence-electron chi connectivity index (χ3n) is 4.09. The predicted octanol–water partition coefficient (Wildman–Crippen LogP) is 3.50. The van der Waals surface area contributed by atoms with Crippen LogP contribution in [0.3, 0.4) is 0 Å². The van der Waals surface area contributed by atoms with Crippen molar-refractivity contribution in [3.63, 3.8) is 0 Å². The van der Waals surface area contributed by atoms with E-state index in [0.29, 0.717) is 24.0 Å². The van der Waals surface area contributed by atoms with Crippen molar-refractivity contribution in [1.82, 2.24) is 10.3 Å². The van der Waals surface area contributed by atoms with Gasteiger partial charge in [-0.05, 0) is 42.7 Å². The molecule has 0 aliphatic carbocycles. The van der Waals surface area contributed by atoms with Crippen molar-refractivity contribution in [2.75, 3.05) is 6.54 Å². The summed E-state index contributed by atoms with van der Waals surface area (Å²) in [6.07, 6.45) is 2.35. The highest BCUT2D eigenvalue weighted by molar-refractivity contribution is 5.96. The number of halogens is 1. The fourth-order valence-electron chi connectivity index (χ4n) is 2.74. The third-order valence-corrected chi connectivity index (χ3v) is 4.09. The van der Waals surface area contributed by atoms with Crippen molar-refractivity contribution in [1.29, 1.82) is 0 Å². The summed E-state index contributed by atoms with van der Waals surface area (Å²) in [4.78, 5) is 25.6. The smallest absolute Gasteiger partial charge is 0.270 e. The van der Waals surface area contributed by atoms with E-state index in [1.807, 2.05) is 0 Å². The average molecular weight is 341 g/mol. The largest absolute Gasteiger partial charge is 0.361 e. The molecule has 0 radical (unpaired) electrons. The van der Waals surface area contributed by atoms with Gasteiger partial charge in [-0.1, -0.05) is 6.07 Å². The molecule has 3 aromatic rings. The summed E-state index contributed by atoms with van der Waals surface area (Å²) in [7, 11) is 0. The molecule has 1 aromatic heterocycles. The first-order valence-corrected chi connectivity index (χ1v) is 7.74. The lowest BCUT2D eigenvalue weighted by molar-refractivity contribution is -0.384. The van der Waals surface area contributed by atoms with Crippen molar-refractivity contribution in [3.8, 4) is 0 Å². The van der Waals surface area contributed by atoms with Crippen molar-refractivity contribution in [3.05, 3.63) is 75.2 Å². The van der Waals surface area contributed by atoms with Crippen LogP contribution >= 0.6 is 0 Å². The number of hydrogen-bond acceptors (Lipinski definition) is 3. The van der Waals surface area contributed by atoms with E-state index in [9.17, 15) is 19.3 Å². The van der Waals surface area contributed by atoms with E-state index in [1.165, 1.54) is 24.3 Å². The van der Waals surface area contributed by atoms with Crippen molar-refractivity contribution >= 4 is 22.5 Å². The SMILES string of the molecule is Cc1ccc([N+](=O)[O-])cc1C(=O)NCCc1c[nH]c2cc(F)ccc12. The minimum Gasteiger partial charge on any atom is -0.361 e. The number of carbonyl (C=O) groups is 1. The zero-order valence-electron chi connectivity index (χ0n) is 13.5. The molecule has 0 fully saturated rings. The maximum Gasteiger partial charge on any atom is 0.270 e. The van der Waals surface area contributed by atoms with Gasteiger partial charge >= 0.3 is 0 Å². The van der Waals surface area contributed by atoms with E-state index in [1.54, 1.807) is 25.3 Å². The highest BCUT2D eigenvalue weighted by atomic mass is 19.1. The molecule has 6 nitrogen and oxygen atoms in total. The summed E-state index contributed by atoms with van der Waals surface area (Å²) in [6.45, 7) is 2.10. The Hall–Kier alpha value is -3.22. The average Bonchev–Trinajstić information content (AvgIpc) is 2.97. The number of aromatic nitrogens is 1. The number of fused-ring (bicyclic) bond motifs is 1. The molecule has 0 aliphatic rings. The van der Waals surface area contributed by atoms with E-state index in [2.05, 4.69) is 10.3 Å². The number of aryl methyl sites for hydroxylation is 1. The number of amides is 1. The van der Waals surface area contributed by atoms with Gasteiger partial charge in [0.25, 0.3) is 11.6 Å². The van der Waals surface area contributed by atoms with Gasteiger partial charge < -0.3 is 10.3 Å². The molecule has 1 amide bonds. The van der Waals surface area contributed by atoms with Gasteiger partial charge in [0.15, 0.2) is 0 Å². The predicted molar refractivity (Wildman–Crippen MR) is 92.1 cm³/mol. The highest BCUT2D eigenvalue weighted by Crippen LogP contribution is 2.20. The van der Waals surface area contributed by atoms with Crippen LogP contribution in [0.5, 0.6) is 0 Å². The zero-order valence-corrected chi connectivity index (χ0v) is 13.5. The molecular weight excluding hydrogens is 325 g/mol. The number of rotatable bonds is 5.